The van der Waals surface area contributed by atoms with Crippen LogP contribution >= 0.6 is 0 Å². The summed E-state index contributed by atoms with van der Waals surface area (Å²) in [4.78, 5) is 28.2. The maximum Gasteiger partial charge on any atom is 0.336 e. The van der Waals surface area contributed by atoms with Crippen molar-refractivity contribution >= 4 is 11.8 Å². The SMILES string of the molecule is CO[C@H]1C(=O)[C@]2(C)[C@@H](OC)C[C@H]3OC[C@@]3(C)[C@H]2[C@H](C)[C@]2(O)C[C@H](OC(=O)[C@H](O)[C@@H](C)c3ccccc3)C(C)=C1C2(C)C. The quantitative estimate of drug-likeness (QED) is 0.378. The number of Topliss-reactive ketones (excluding diaryl/α,β-unsaturated/α-hetero) is 1. The van der Waals surface area contributed by atoms with E-state index < -0.39 is 58.7 Å². The standard InChI is InChI=1S/C34H48O8/c1-18(21-13-11-10-12-14-21)26(35)30(37)42-22-16-34(38)20(3)28-32(6)17-41-23(32)15-24(39-8)33(28,7)29(36)27(40-9)25(19(22)2)31(34,4)5/h10-14,18,20,22-24,26-28,35,38H,15-17H2,1-9H3/t18-,20-,22-,23+,24-,26+,27+,28+,32+,33+,34+/m0/s1. The van der Waals surface area contributed by atoms with Crippen LogP contribution in [0, 0.1) is 28.1 Å². The second-order valence-corrected chi connectivity index (χ2v) is 14.2. The van der Waals surface area contributed by atoms with Crippen LogP contribution in [0.25, 0.3) is 0 Å². The fourth-order valence-corrected chi connectivity index (χ4v) is 9.44. The smallest absolute Gasteiger partial charge is 0.336 e. The van der Waals surface area contributed by atoms with Crippen molar-refractivity contribution in [1.29, 1.82) is 0 Å². The molecule has 3 fully saturated rings. The molecular formula is C34H48O8. The summed E-state index contributed by atoms with van der Waals surface area (Å²) in [6.45, 7) is 14.2. The highest BCUT2D eigenvalue weighted by Crippen LogP contribution is 2.67. The van der Waals surface area contributed by atoms with E-state index in [4.69, 9.17) is 18.9 Å². The lowest BCUT2D eigenvalue weighted by atomic mass is 9.40. The molecule has 0 spiro atoms. The number of carbonyl (C=O) groups excluding carboxylic acids is 2. The molecule has 8 nitrogen and oxygen atoms in total. The van der Waals surface area contributed by atoms with Crippen molar-refractivity contribution in [3.05, 3.63) is 47.0 Å². The van der Waals surface area contributed by atoms with Crippen molar-refractivity contribution in [2.75, 3.05) is 20.8 Å². The van der Waals surface area contributed by atoms with Gasteiger partial charge in [-0.2, -0.15) is 0 Å². The molecule has 0 aromatic heterocycles. The van der Waals surface area contributed by atoms with E-state index in [9.17, 15) is 19.8 Å². The second kappa shape index (κ2) is 10.5. The first-order valence-corrected chi connectivity index (χ1v) is 15.2. The Morgan fingerprint density at radius 3 is 2.29 bits per heavy atom. The summed E-state index contributed by atoms with van der Waals surface area (Å²) in [7, 11) is 3.15. The normalized spacial score (nSPS) is 42.3. The van der Waals surface area contributed by atoms with Crippen LogP contribution in [-0.2, 0) is 28.5 Å². The van der Waals surface area contributed by atoms with Crippen molar-refractivity contribution in [3.8, 4) is 0 Å². The Balaban J connectivity index is 1.61. The number of benzene rings is 1. The van der Waals surface area contributed by atoms with Crippen molar-refractivity contribution < 1.29 is 38.7 Å². The minimum absolute atomic E-state index is 0.0885. The van der Waals surface area contributed by atoms with Crippen LogP contribution in [0.3, 0.4) is 0 Å². The molecule has 8 heteroatoms. The van der Waals surface area contributed by atoms with Crippen molar-refractivity contribution in [3.63, 3.8) is 0 Å². The number of aliphatic hydroxyl groups is 2. The Hall–Kier alpha value is -2.10. The molecule has 2 saturated carbocycles. The summed E-state index contributed by atoms with van der Waals surface area (Å²) in [5.41, 5.74) is -1.46. The van der Waals surface area contributed by atoms with Gasteiger partial charge in [-0.3, -0.25) is 4.79 Å². The molecule has 2 bridgehead atoms. The Morgan fingerprint density at radius 1 is 1.10 bits per heavy atom. The zero-order valence-electron chi connectivity index (χ0n) is 26.5. The number of ether oxygens (including phenoxy) is 4. The van der Waals surface area contributed by atoms with Crippen LogP contribution in [0.1, 0.15) is 72.8 Å². The minimum atomic E-state index is -1.40. The molecule has 1 aliphatic heterocycles. The Bertz CT molecular complexity index is 1260. The molecule has 1 aromatic carbocycles. The second-order valence-electron chi connectivity index (χ2n) is 14.2. The monoisotopic (exact) mass is 584 g/mol. The highest BCUT2D eigenvalue weighted by molar-refractivity contribution is 5.93. The maximum atomic E-state index is 14.8. The average Bonchev–Trinajstić information content (AvgIpc) is 2.96. The first-order valence-electron chi connectivity index (χ1n) is 15.2. The molecule has 42 heavy (non-hydrogen) atoms. The molecule has 1 heterocycles. The van der Waals surface area contributed by atoms with Gasteiger partial charge < -0.3 is 29.2 Å². The summed E-state index contributed by atoms with van der Waals surface area (Å²) in [5.74, 6) is -2.03. The summed E-state index contributed by atoms with van der Waals surface area (Å²) in [6.07, 6.45) is -3.00. The topological polar surface area (TPSA) is 112 Å². The van der Waals surface area contributed by atoms with Crippen LogP contribution in [0.4, 0.5) is 0 Å². The van der Waals surface area contributed by atoms with Gasteiger partial charge in [-0.1, -0.05) is 65.0 Å². The number of hydrogen-bond acceptors (Lipinski definition) is 8. The number of fused-ring (bicyclic) bond motifs is 5. The number of ketones is 1. The molecule has 4 aliphatic rings. The van der Waals surface area contributed by atoms with Gasteiger partial charge in [-0.05, 0) is 42.4 Å². The third-order valence-corrected chi connectivity index (χ3v) is 12.0. The van der Waals surface area contributed by atoms with Gasteiger partial charge >= 0.3 is 5.97 Å². The van der Waals surface area contributed by atoms with E-state index in [0.717, 1.165) is 5.56 Å². The summed E-state index contributed by atoms with van der Waals surface area (Å²) in [5, 5.41) is 24.0. The van der Waals surface area contributed by atoms with Crippen LogP contribution < -0.4 is 0 Å². The molecule has 1 aromatic rings. The lowest BCUT2D eigenvalue weighted by molar-refractivity contribution is -0.305. The Kier molecular flexibility index (Phi) is 7.84. The number of methoxy groups -OCH3 is 2. The van der Waals surface area contributed by atoms with Gasteiger partial charge in [0.1, 0.15) is 12.2 Å². The first-order chi connectivity index (χ1) is 19.6. The maximum absolute atomic E-state index is 14.8. The van der Waals surface area contributed by atoms with Crippen molar-refractivity contribution in [2.45, 2.75) is 103 Å². The van der Waals surface area contributed by atoms with Gasteiger partial charge in [0.25, 0.3) is 0 Å². The fraction of sp³-hybridized carbons (Fsp3) is 0.706. The zero-order valence-corrected chi connectivity index (χ0v) is 26.5. The lowest BCUT2D eigenvalue weighted by Gasteiger charge is -2.69. The Labute approximate surface area is 249 Å². The third-order valence-electron chi connectivity index (χ3n) is 12.0. The van der Waals surface area contributed by atoms with Gasteiger partial charge in [-0.25, -0.2) is 4.79 Å². The van der Waals surface area contributed by atoms with Crippen molar-refractivity contribution in [2.24, 2.45) is 28.1 Å². The molecule has 3 aliphatic carbocycles. The van der Waals surface area contributed by atoms with E-state index in [-0.39, 0.29) is 29.6 Å². The van der Waals surface area contributed by atoms with E-state index in [0.29, 0.717) is 24.2 Å². The van der Waals surface area contributed by atoms with Gasteiger partial charge in [0.15, 0.2) is 11.9 Å². The number of carbonyl (C=O) groups is 2. The molecule has 5 rings (SSSR count). The minimum Gasteiger partial charge on any atom is -0.456 e. The number of esters is 1. The fourth-order valence-electron chi connectivity index (χ4n) is 9.44. The zero-order chi connectivity index (χ0) is 31.0. The number of rotatable bonds is 6. The predicted molar refractivity (Wildman–Crippen MR) is 157 cm³/mol. The van der Waals surface area contributed by atoms with Gasteiger partial charge in [0.05, 0.1) is 29.8 Å². The van der Waals surface area contributed by atoms with Crippen LogP contribution in [0.15, 0.2) is 41.5 Å². The van der Waals surface area contributed by atoms with E-state index in [1.165, 1.54) is 7.11 Å². The molecule has 11 atom stereocenters. The van der Waals surface area contributed by atoms with Crippen LogP contribution in [0.2, 0.25) is 0 Å². The summed E-state index contributed by atoms with van der Waals surface area (Å²) in [6, 6.07) is 9.33. The van der Waals surface area contributed by atoms with Gasteiger partial charge in [0.2, 0.25) is 0 Å². The summed E-state index contributed by atoms with van der Waals surface area (Å²) < 4.78 is 24.1. The highest BCUT2D eigenvalue weighted by atomic mass is 16.6. The molecule has 2 N–H and O–H groups in total. The molecular weight excluding hydrogens is 536 g/mol. The van der Waals surface area contributed by atoms with Crippen molar-refractivity contribution in [1.82, 2.24) is 0 Å². The number of hydrogen-bond donors (Lipinski definition) is 2. The molecule has 0 unspecified atom stereocenters. The Morgan fingerprint density at radius 2 is 1.74 bits per heavy atom. The predicted octanol–water partition coefficient (Wildman–Crippen LogP) is 4.22. The van der Waals surface area contributed by atoms with E-state index in [1.54, 1.807) is 14.0 Å². The van der Waals surface area contributed by atoms with Crippen LogP contribution in [0.5, 0.6) is 0 Å². The van der Waals surface area contributed by atoms with E-state index >= 15 is 0 Å². The lowest BCUT2D eigenvalue weighted by Crippen LogP contribution is -2.75. The van der Waals surface area contributed by atoms with Crippen LogP contribution in [-0.4, -0.2) is 78.9 Å². The third kappa shape index (κ3) is 4.12. The van der Waals surface area contributed by atoms with Gasteiger partial charge in [0, 0.05) is 43.8 Å². The highest BCUT2D eigenvalue weighted by Gasteiger charge is 2.73. The van der Waals surface area contributed by atoms with E-state index in [2.05, 4.69) is 6.92 Å². The largest absolute Gasteiger partial charge is 0.456 e. The van der Waals surface area contributed by atoms with E-state index in [1.807, 2.05) is 65.0 Å². The average molecular weight is 585 g/mol. The molecule has 0 radical (unpaired) electrons. The van der Waals surface area contributed by atoms with Gasteiger partial charge in [-0.15, -0.1) is 0 Å². The molecule has 232 valence electrons. The molecule has 1 saturated heterocycles. The molecule has 0 amide bonds. The number of aliphatic hydroxyl groups excluding tert-OH is 1. The summed E-state index contributed by atoms with van der Waals surface area (Å²) >= 11 is 0. The first kappa shape index (κ1) is 31.3.